The Morgan fingerprint density at radius 2 is 1.19 bits per heavy atom. The van der Waals surface area contributed by atoms with Gasteiger partial charge < -0.3 is 20.1 Å². The van der Waals surface area contributed by atoms with Crippen LogP contribution < -0.4 is 0 Å². The van der Waals surface area contributed by atoms with Crippen LogP contribution in [0.3, 0.4) is 0 Å². The van der Waals surface area contributed by atoms with Crippen LogP contribution >= 0.6 is 0 Å². The molecule has 1 heterocycles. The van der Waals surface area contributed by atoms with Gasteiger partial charge in [-0.1, -0.05) is 35.4 Å². The Morgan fingerprint density at radius 3 is 1.59 bits per heavy atom. The highest BCUT2D eigenvalue weighted by atomic mass is 32.2. The molecule has 1 fully saturated rings. The Hall–Kier alpha value is -1.90. The molecule has 0 unspecified atom stereocenters. The van der Waals surface area contributed by atoms with Crippen LogP contribution in [-0.4, -0.2) is 69.5 Å². The molecule has 3 N–H and O–H groups in total. The summed E-state index contributed by atoms with van der Waals surface area (Å²) in [5, 5.41) is 30.2. The molecule has 0 bridgehead atoms. The molecule has 3 rings (SSSR count). The monoisotopic (exact) mass is 488 g/mol. The van der Waals surface area contributed by atoms with Crippen LogP contribution in [0.2, 0.25) is 0 Å². The zero-order chi connectivity index (χ0) is 23.7. The molecular formula is C20H24O10S2. The number of ether oxygens (including phenoxy) is 1. The van der Waals surface area contributed by atoms with Gasteiger partial charge in [-0.05, 0) is 38.1 Å². The third-order valence-electron chi connectivity index (χ3n) is 4.91. The quantitative estimate of drug-likeness (QED) is 0.461. The summed E-state index contributed by atoms with van der Waals surface area (Å²) in [6.45, 7) is 2.71. The van der Waals surface area contributed by atoms with Crippen molar-refractivity contribution >= 4 is 20.2 Å². The Labute approximate surface area is 186 Å². The number of aliphatic hydroxyl groups is 3. The molecule has 0 saturated carbocycles. The lowest BCUT2D eigenvalue weighted by Gasteiger charge is -2.40. The maximum atomic E-state index is 12.8. The summed E-state index contributed by atoms with van der Waals surface area (Å²) >= 11 is 0. The summed E-state index contributed by atoms with van der Waals surface area (Å²) in [7, 11) is -9.01. The maximum Gasteiger partial charge on any atom is 0.297 e. The lowest BCUT2D eigenvalue weighted by molar-refractivity contribution is -0.274. The molecule has 1 aliphatic heterocycles. The first kappa shape index (κ1) is 24.7. The molecule has 10 nitrogen and oxygen atoms in total. The highest BCUT2D eigenvalue weighted by Crippen LogP contribution is 2.30. The number of aryl methyl sites for hydroxylation is 2. The van der Waals surface area contributed by atoms with Gasteiger partial charge in [-0.15, -0.1) is 0 Å². The minimum absolute atomic E-state index is 0.253. The minimum atomic E-state index is -4.51. The standard InChI is InChI=1S/C20H24O10S2/c1-12-3-7-14(8-4-12)31(24,25)29-18-17(22)16(11-21)28-20(23)19(18)30-32(26,27)15-9-5-13(2)6-10-15/h3-10,16-23H,11H2,1-2H3/t16-,17-,18+,19-,20+/m1/s1. The van der Waals surface area contributed by atoms with Crippen molar-refractivity contribution in [2.45, 2.75) is 54.3 Å². The Balaban J connectivity index is 1.94. The Bertz CT molecular complexity index is 1130. The fourth-order valence-corrected chi connectivity index (χ4v) is 5.26. The van der Waals surface area contributed by atoms with Gasteiger partial charge in [-0.3, -0.25) is 8.37 Å². The normalized spacial score (nSPS) is 26.7. The fourth-order valence-electron chi connectivity index (χ4n) is 3.08. The molecule has 0 amide bonds. The van der Waals surface area contributed by atoms with Crippen molar-refractivity contribution < 1.29 is 45.3 Å². The van der Waals surface area contributed by atoms with E-state index in [9.17, 15) is 32.2 Å². The van der Waals surface area contributed by atoms with Gasteiger partial charge >= 0.3 is 0 Å². The number of aliphatic hydroxyl groups excluding tert-OH is 3. The molecular weight excluding hydrogens is 464 g/mol. The van der Waals surface area contributed by atoms with E-state index in [4.69, 9.17) is 13.1 Å². The zero-order valence-electron chi connectivity index (χ0n) is 17.2. The van der Waals surface area contributed by atoms with E-state index in [1.807, 2.05) is 0 Å². The van der Waals surface area contributed by atoms with Crippen molar-refractivity contribution in [3.05, 3.63) is 59.7 Å². The summed E-state index contributed by atoms with van der Waals surface area (Å²) in [6, 6.07) is 11.2. The van der Waals surface area contributed by atoms with Crippen molar-refractivity contribution in [2.24, 2.45) is 0 Å². The highest BCUT2D eigenvalue weighted by Gasteiger charge is 2.50. The van der Waals surface area contributed by atoms with Gasteiger partial charge in [-0.2, -0.15) is 16.8 Å². The Morgan fingerprint density at radius 1 is 0.781 bits per heavy atom. The van der Waals surface area contributed by atoms with Gasteiger partial charge in [0.25, 0.3) is 20.2 Å². The van der Waals surface area contributed by atoms with E-state index >= 15 is 0 Å². The summed E-state index contributed by atoms with van der Waals surface area (Å²) in [5.74, 6) is 0. The lowest BCUT2D eigenvalue weighted by Crippen LogP contribution is -2.61. The lowest BCUT2D eigenvalue weighted by atomic mass is 9.99. The van der Waals surface area contributed by atoms with Gasteiger partial charge in [0.2, 0.25) is 0 Å². The van der Waals surface area contributed by atoms with E-state index in [1.54, 1.807) is 13.8 Å². The van der Waals surface area contributed by atoms with Gasteiger partial charge in [-0.25, -0.2) is 0 Å². The van der Waals surface area contributed by atoms with E-state index < -0.39 is 57.5 Å². The molecule has 2 aromatic carbocycles. The van der Waals surface area contributed by atoms with Crippen molar-refractivity contribution in [3.63, 3.8) is 0 Å². The third kappa shape index (κ3) is 5.35. The summed E-state index contributed by atoms with van der Waals surface area (Å²) in [5.41, 5.74) is 1.58. The molecule has 5 atom stereocenters. The first-order valence-electron chi connectivity index (χ1n) is 9.57. The molecule has 0 aliphatic carbocycles. The summed E-state index contributed by atoms with van der Waals surface area (Å²) in [6.07, 6.45) is -9.14. The second-order valence-corrected chi connectivity index (χ2v) is 10.5. The van der Waals surface area contributed by atoms with Gasteiger partial charge in [0.1, 0.15) is 18.3 Å². The van der Waals surface area contributed by atoms with Crippen LogP contribution in [0.4, 0.5) is 0 Å². The number of hydrogen-bond donors (Lipinski definition) is 3. The Kier molecular flexibility index (Phi) is 7.37. The smallest absolute Gasteiger partial charge is 0.297 e. The van der Waals surface area contributed by atoms with Crippen molar-refractivity contribution in [2.75, 3.05) is 6.61 Å². The van der Waals surface area contributed by atoms with Gasteiger partial charge in [0.05, 0.1) is 16.4 Å². The second kappa shape index (κ2) is 9.53. The second-order valence-electron chi connectivity index (χ2n) is 7.39. The predicted molar refractivity (Wildman–Crippen MR) is 110 cm³/mol. The van der Waals surface area contributed by atoms with Crippen LogP contribution in [-0.2, 0) is 33.3 Å². The first-order valence-corrected chi connectivity index (χ1v) is 12.4. The van der Waals surface area contributed by atoms with Crippen LogP contribution in [0.1, 0.15) is 11.1 Å². The third-order valence-corrected chi connectivity index (χ3v) is 7.56. The first-order chi connectivity index (χ1) is 14.9. The molecule has 0 radical (unpaired) electrons. The summed E-state index contributed by atoms with van der Waals surface area (Å²) < 4.78 is 66.1. The molecule has 12 heteroatoms. The molecule has 32 heavy (non-hydrogen) atoms. The SMILES string of the molecule is Cc1ccc(S(=O)(=O)O[C@@H]2[C@@H](OS(=O)(=O)c3ccc(C)cc3)[C@H](O)[C@@H](CO)O[C@@H]2O)cc1. The molecule has 2 aromatic rings. The van der Waals surface area contributed by atoms with E-state index in [2.05, 4.69) is 0 Å². The summed E-state index contributed by atoms with van der Waals surface area (Å²) in [4.78, 5) is -0.508. The molecule has 1 saturated heterocycles. The van der Waals surface area contributed by atoms with Crippen molar-refractivity contribution in [1.29, 1.82) is 0 Å². The van der Waals surface area contributed by atoms with Crippen LogP contribution in [0.25, 0.3) is 0 Å². The molecule has 1 aliphatic rings. The van der Waals surface area contributed by atoms with E-state index in [1.165, 1.54) is 48.5 Å². The van der Waals surface area contributed by atoms with E-state index in [0.717, 1.165) is 11.1 Å². The highest BCUT2D eigenvalue weighted by molar-refractivity contribution is 7.87. The van der Waals surface area contributed by atoms with Crippen LogP contribution in [0.5, 0.6) is 0 Å². The average Bonchev–Trinajstić information content (AvgIpc) is 2.73. The van der Waals surface area contributed by atoms with E-state index in [0.29, 0.717) is 0 Å². The zero-order valence-corrected chi connectivity index (χ0v) is 18.9. The molecule has 0 spiro atoms. The largest absolute Gasteiger partial charge is 0.394 e. The van der Waals surface area contributed by atoms with Crippen molar-refractivity contribution in [3.8, 4) is 0 Å². The van der Waals surface area contributed by atoms with Crippen molar-refractivity contribution in [1.82, 2.24) is 0 Å². The molecule has 176 valence electrons. The maximum absolute atomic E-state index is 12.8. The average molecular weight is 489 g/mol. The van der Waals surface area contributed by atoms with Crippen LogP contribution in [0, 0.1) is 13.8 Å². The minimum Gasteiger partial charge on any atom is -0.394 e. The number of rotatable bonds is 7. The predicted octanol–water partition coefficient (Wildman–Crippen LogP) is 0.222. The topological polar surface area (TPSA) is 157 Å². The molecule has 0 aromatic heterocycles. The van der Waals surface area contributed by atoms with Gasteiger partial charge in [0.15, 0.2) is 12.4 Å². The van der Waals surface area contributed by atoms with E-state index in [-0.39, 0.29) is 9.79 Å². The van der Waals surface area contributed by atoms with Gasteiger partial charge in [0, 0.05) is 0 Å². The fraction of sp³-hybridized carbons (Fsp3) is 0.400. The number of hydrogen-bond acceptors (Lipinski definition) is 10. The number of benzene rings is 2. The van der Waals surface area contributed by atoms with Crippen LogP contribution in [0.15, 0.2) is 58.3 Å².